The molecule has 1 fully saturated rings. The number of nitrogens with zero attached hydrogens (tertiary/aromatic N) is 4. The van der Waals surface area contributed by atoms with Crippen molar-refractivity contribution in [3.05, 3.63) is 78.5 Å². The first kappa shape index (κ1) is 26.2. The largest absolute Gasteiger partial charge is 0.379 e. The quantitative estimate of drug-likeness (QED) is 0.299. The maximum Gasteiger partial charge on any atom is 0.262 e. The van der Waals surface area contributed by atoms with Crippen molar-refractivity contribution in [3.8, 4) is 11.1 Å². The summed E-state index contributed by atoms with van der Waals surface area (Å²) in [5.41, 5.74) is 5.11. The summed E-state index contributed by atoms with van der Waals surface area (Å²) in [6, 6.07) is 22.0. The number of morpholine rings is 1. The molecular formula is C29H33N5O3S. The number of hydrogen-bond donors (Lipinski definition) is 2. The van der Waals surface area contributed by atoms with Gasteiger partial charge in [-0.3, -0.25) is 13.8 Å². The Labute approximate surface area is 226 Å². The predicted molar refractivity (Wildman–Crippen MR) is 154 cm³/mol. The fraction of sp³-hybridized carbons (Fsp3) is 0.310. The maximum atomic E-state index is 12.0. The first-order valence-corrected chi connectivity index (χ1v) is 13.8. The summed E-state index contributed by atoms with van der Waals surface area (Å²) in [6.45, 7) is 10.1. The molecule has 0 saturated carbocycles. The van der Waals surface area contributed by atoms with Gasteiger partial charge in [-0.1, -0.05) is 42.5 Å². The Morgan fingerprint density at radius 1 is 1.05 bits per heavy atom. The van der Waals surface area contributed by atoms with Crippen LogP contribution in [0.1, 0.15) is 26.3 Å². The van der Waals surface area contributed by atoms with Crippen LogP contribution >= 0.6 is 0 Å². The molecule has 0 bridgehead atoms. The minimum atomic E-state index is -2.13. The van der Waals surface area contributed by atoms with Crippen LogP contribution in [0.15, 0.2) is 72.9 Å². The fourth-order valence-electron chi connectivity index (χ4n) is 4.73. The molecule has 8 nitrogen and oxygen atoms in total. The molecule has 1 aromatic heterocycles. The highest BCUT2D eigenvalue weighted by Crippen LogP contribution is 2.32. The summed E-state index contributed by atoms with van der Waals surface area (Å²) < 4.78 is 28.8. The zero-order chi connectivity index (χ0) is 26.7. The smallest absolute Gasteiger partial charge is 0.262 e. The van der Waals surface area contributed by atoms with Gasteiger partial charge in [-0.15, -0.1) is 0 Å². The standard InChI is InChI=1S/C29H33N5O3S/c1-29(2,3)34(38(35)36)25-12-10-22(11-13-25)26-9-5-7-23-19-30-28(32-27(23)26)31-24-8-4-6-21(18-24)20-33-14-16-37-17-15-33/h4-13,18-19H,14-17,20H2,1-3H3,(H,35,36)(H,30,31,32). The Hall–Kier alpha value is -3.37. The van der Waals surface area contributed by atoms with Crippen LogP contribution in [0.4, 0.5) is 17.3 Å². The lowest BCUT2D eigenvalue weighted by atomic mass is 10.0. The summed E-state index contributed by atoms with van der Waals surface area (Å²) >= 11 is -2.13. The molecule has 0 aliphatic carbocycles. The number of rotatable bonds is 7. The molecule has 0 radical (unpaired) electrons. The zero-order valence-corrected chi connectivity index (χ0v) is 22.7. The Morgan fingerprint density at radius 2 is 1.79 bits per heavy atom. The second-order valence-corrected chi connectivity index (χ2v) is 11.2. The Kier molecular flexibility index (Phi) is 7.71. The van der Waals surface area contributed by atoms with Crippen molar-refractivity contribution in [3.63, 3.8) is 0 Å². The van der Waals surface area contributed by atoms with Crippen LogP contribution in [0, 0.1) is 0 Å². The third kappa shape index (κ3) is 6.02. The SMILES string of the molecule is CC(C)(C)N(c1ccc(-c2cccc3cnc(Nc4cccc(CN5CCOCC5)c4)nc23)cc1)S(=O)O. The molecular weight excluding hydrogens is 498 g/mol. The maximum absolute atomic E-state index is 12.0. The lowest BCUT2D eigenvalue weighted by molar-refractivity contribution is 0.0342. The molecule has 38 heavy (non-hydrogen) atoms. The highest BCUT2D eigenvalue weighted by atomic mass is 32.2. The molecule has 198 valence electrons. The van der Waals surface area contributed by atoms with Gasteiger partial charge in [0, 0.05) is 48.0 Å². The molecule has 0 spiro atoms. The first-order valence-electron chi connectivity index (χ1n) is 12.7. The monoisotopic (exact) mass is 531 g/mol. The summed E-state index contributed by atoms with van der Waals surface area (Å²) in [7, 11) is 0. The van der Waals surface area contributed by atoms with E-state index in [1.807, 2.05) is 81.6 Å². The van der Waals surface area contributed by atoms with Gasteiger partial charge in [0.2, 0.25) is 5.95 Å². The number of benzene rings is 3. The summed E-state index contributed by atoms with van der Waals surface area (Å²) in [4.78, 5) is 11.8. The predicted octanol–water partition coefficient (Wildman–Crippen LogP) is 5.61. The molecule has 1 unspecified atom stereocenters. The number of aromatic nitrogens is 2. The van der Waals surface area contributed by atoms with Crippen molar-refractivity contribution in [2.75, 3.05) is 35.9 Å². The van der Waals surface area contributed by atoms with E-state index in [0.29, 0.717) is 11.6 Å². The van der Waals surface area contributed by atoms with Gasteiger partial charge >= 0.3 is 0 Å². The van der Waals surface area contributed by atoms with Crippen LogP contribution in [0.2, 0.25) is 0 Å². The number of fused-ring (bicyclic) bond motifs is 1. The van der Waals surface area contributed by atoms with Crippen LogP contribution in [0.5, 0.6) is 0 Å². The highest BCUT2D eigenvalue weighted by Gasteiger charge is 2.26. The van der Waals surface area contributed by atoms with Gasteiger partial charge in [0.1, 0.15) is 0 Å². The van der Waals surface area contributed by atoms with E-state index in [1.54, 1.807) is 0 Å². The van der Waals surface area contributed by atoms with Crippen LogP contribution in [0.25, 0.3) is 22.0 Å². The Morgan fingerprint density at radius 3 is 2.50 bits per heavy atom. The van der Waals surface area contributed by atoms with Crippen molar-refractivity contribution < 1.29 is 13.5 Å². The van der Waals surface area contributed by atoms with Crippen LogP contribution < -0.4 is 9.62 Å². The Balaban J connectivity index is 1.40. The topological polar surface area (TPSA) is 90.8 Å². The van der Waals surface area contributed by atoms with E-state index in [0.717, 1.165) is 60.6 Å². The normalized spacial score (nSPS) is 15.4. The average molecular weight is 532 g/mol. The van der Waals surface area contributed by atoms with Gasteiger partial charge in [-0.25, -0.2) is 14.2 Å². The fourth-order valence-corrected chi connectivity index (χ4v) is 5.50. The molecule has 0 amide bonds. The summed E-state index contributed by atoms with van der Waals surface area (Å²) in [6.07, 6.45) is 1.83. The van der Waals surface area contributed by atoms with E-state index in [-0.39, 0.29) is 0 Å². The number of anilines is 3. The molecule has 1 aliphatic heterocycles. The Bertz CT molecular complexity index is 1430. The van der Waals surface area contributed by atoms with Crippen molar-refractivity contribution in [2.24, 2.45) is 0 Å². The summed E-state index contributed by atoms with van der Waals surface area (Å²) in [5.74, 6) is 0.527. The lowest BCUT2D eigenvalue weighted by Gasteiger charge is -2.33. The molecule has 1 atom stereocenters. The zero-order valence-electron chi connectivity index (χ0n) is 21.9. The van der Waals surface area contributed by atoms with E-state index >= 15 is 0 Å². The van der Waals surface area contributed by atoms with Crippen molar-refractivity contribution in [2.45, 2.75) is 32.9 Å². The van der Waals surface area contributed by atoms with E-state index < -0.39 is 16.8 Å². The summed E-state index contributed by atoms with van der Waals surface area (Å²) in [5, 5.41) is 4.31. The van der Waals surface area contributed by atoms with Crippen LogP contribution in [-0.4, -0.2) is 55.5 Å². The van der Waals surface area contributed by atoms with Crippen molar-refractivity contribution in [1.29, 1.82) is 0 Å². The molecule has 4 aromatic rings. The second kappa shape index (κ2) is 11.2. The van der Waals surface area contributed by atoms with E-state index in [4.69, 9.17) is 9.72 Å². The molecule has 5 rings (SSSR count). The number of ether oxygens (including phenoxy) is 1. The minimum Gasteiger partial charge on any atom is -0.379 e. The highest BCUT2D eigenvalue weighted by molar-refractivity contribution is 7.80. The third-order valence-corrected chi connectivity index (χ3v) is 7.55. The van der Waals surface area contributed by atoms with Gasteiger partial charge in [0.15, 0.2) is 0 Å². The lowest BCUT2D eigenvalue weighted by Crippen LogP contribution is -2.42. The van der Waals surface area contributed by atoms with Crippen molar-refractivity contribution in [1.82, 2.24) is 14.9 Å². The number of nitrogens with one attached hydrogen (secondary N) is 1. The van der Waals surface area contributed by atoms with Crippen molar-refractivity contribution >= 4 is 39.5 Å². The third-order valence-electron chi connectivity index (χ3n) is 6.48. The molecule has 1 saturated heterocycles. The molecule has 2 N–H and O–H groups in total. The van der Waals surface area contributed by atoms with E-state index in [2.05, 4.69) is 27.3 Å². The van der Waals surface area contributed by atoms with Gasteiger partial charge in [0.25, 0.3) is 11.3 Å². The number of hydrogen-bond acceptors (Lipinski definition) is 6. The second-order valence-electron chi connectivity index (χ2n) is 10.4. The molecule has 9 heteroatoms. The molecule has 1 aliphatic rings. The van der Waals surface area contributed by atoms with E-state index in [1.165, 1.54) is 9.87 Å². The van der Waals surface area contributed by atoms with Gasteiger partial charge in [0.05, 0.1) is 24.4 Å². The molecule has 3 aromatic carbocycles. The van der Waals surface area contributed by atoms with Crippen LogP contribution in [-0.2, 0) is 22.5 Å². The van der Waals surface area contributed by atoms with Crippen LogP contribution in [0.3, 0.4) is 0 Å². The number of para-hydroxylation sites is 1. The van der Waals surface area contributed by atoms with Gasteiger partial charge in [-0.2, -0.15) is 0 Å². The van der Waals surface area contributed by atoms with Gasteiger partial charge < -0.3 is 10.1 Å². The molecule has 2 heterocycles. The van der Waals surface area contributed by atoms with Gasteiger partial charge in [-0.05, 0) is 56.2 Å². The average Bonchev–Trinajstić information content (AvgIpc) is 2.89. The minimum absolute atomic E-state index is 0.506. The van der Waals surface area contributed by atoms with E-state index in [9.17, 15) is 8.76 Å². The first-order chi connectivity index (χ1) is 18.3.